The molecule has 3 atom stereocenters. The molecular formula is C15H18F3NO. The molecule has 2 heterocycles. The van der Waals surface area contributed by atoms with Gasteiger partial charge in [-0.25, -0.2) is 0 Å². The van der Waals surface area contributed by atoms with Crippen LogP contribution in [0.2, 0.25) is 0 Å². The van der Waals surface area contributed by atoms with Crippen molar-refractivity contribution < 1.29 is 18.3 Å². The Balaban J connectivity index is 1.76. The van der Waals surface area contributed by atoms with E-state index in [9.17, 15) is 18.3 Å². The number of fused-ring (bicyclic) bond motifs is 2. The lowest BCUT2D eigenvalue weighted by molar-refractivity contribution is -0.279. The normalized spacial score (nSPS) is 34.4. The number of aliphatic hydroxyl groups is 1. The van der Waals surface area contributed by atoms with Crippen molar-refractivity contribution in [2.45, 2.75) is 56.1 Å². The van der Waals surface area contributed by atoms with Gasteiger partial charge in [0, 0.05) is 31.5 Å². The van der Waals surface area contributed by atoms with Gasteiger partial charge in [-0.1, -0.05) is 30.3 Å². The third-order valence-electron chi connectivity index (χ3n) is 4.65. The molecule has 0 aromatic heterocycles. The monoisotopic (exact) mass is 285 g/mol. The number of alkyl halides is 3. The summed E-state index contributed by atoms with van der Waals surface area (Å²) in [5.74, 6) is 0. The summed E-state index contributed by atoms with van der Waals surface area (Å²) in [4.78, 5) is 2.13. The maximum atomic E-state index is 13.0. The largest absolute Gasteiger partial charge is 0.417 e. The lowest BCUT2D eigenvalue weighted by atomic mass is 9.85. The number of rotatable bonds is 2. The molecule has 1 aromatic rings. The predicted molar refractivity (Wildman–Crippen MR) is 69.0 cm³/mol. The van der Waals surface area contributed by atoms with Gasteiger partial charge < -0.3 is 5.11 Å². The Morgan fingerprint density at radius 1 is 1.10 bits per heavy atom. The quantitative estimate of drug-likeness (QED) is 0.902. The number of halogens is 3. The Morgan fingerprint density at radius 2 is 1.65 bits per heavy atom. The van der Waals surface area contributed by atoms with Crippen LogP contribution < -0.4 is 0 Å². The summed E-state index contributed by atoms with van der Waals surface area (Å²) in [6.07, 6.45) is -3.42. The standard InChI is InChI=1S/C15H18F3NO/c16-15(17,18)14(20)8-12-6-7-13(9-14)19(12)10-11-4-2-1-3-5-11/h1-5,12-13,20H,6-10H2/t12-,13+,14?. The molecule has 1 N–H and O–H groups in total. The molecule has 2 saturated heterocycles. The molecule has 20 heavy (non-hydrogen) atoms. The lowest BCUT2D eigenvalue weighted by Gasteiger charge is -2.44. The summed E-state index contributed by atoms with van der Waals surface area (Å²) in [7, 11) is 0. The molecule has 2 nitrogen and oxygen atoms in total. The fourth-order valence-electron chi connectivity index (χ4n) is 3.60. The van der Waals surface area contributed by atoms with Crippen molar-refractivity contribution >= 4 is 0 Å². The van der Waals surface area contributed by atoms with E-state index < -0.39 is 11.8 Å². The molecule has 110 valence electrons. The summed E-state index contributed by atoms with van der Waals surface area (Å²) < 4.78 is 39.0. The van der Waals surface area contributed by atoms with E-state index in [0.717, 1.165) is 18.4 Å². The number of hydrogen-bond donors (Lipinski definition) is 1. The first-order valence-electron chi connectivity index (χ1n) is 6.98. The van der Waals surface area contributed by atoms with Gasteiger partial charge in [0.05, 0.1) is 0 Å². The number of piperidine rings is 1. The third-order valence-corrected chi connectivity index (χ3v) is 4.65. The lowest BCUT2D eigenvalue weighted by Crippen LogP contribution is -2.57. The zero-order valence-electron chi connectivity index (χ0n) is 11.1. The molecule has 2 aliphatic rings. The van der Waals surface area contributed by atoms with Crippen LogP contribution in [0.25, 0.3) is 0 Å². The van der Waals surface area contributed by atoms with E-state index in [1.165, 1.54) is 0 Å². The first kappa shape index (κ1) is 13.9. The molecule has 1 unspecified atom stereocenters. The van der Waals surface area contributed by atoms with Gasteiger partial charge >= 0.3 is 6.18 Å². The fourth-order valence-corrected chi connectivity index (χ4v) is 3.60. The Labute approximate surface area is 116 Å². The molecular weight excluding hydrogens is 267 g/mol. The first-order valence-corrected chi connectivity index (χ1v) is 6.98. The van der Waals surface area contributed by atoms with Crippen molar-refractivity contribution in [3.63, 3.8) is 0 Å². The number of nitrogens with zero attached hydrogens (tertiary/aromatic N) is 1. The van der Waals surface area contributed by atoms with E-state index in [0.29, 0.717) is 6.54 Å². The second kappa shape index (κ2) is 4.74. The molecule has 0 aliphatic carbocycles. The van der Waals surface area contributed by atoms with E-state index in [1.807, 2.05) is 30.3 Å². The second-order valence-electron chi connectivity index (χ2n) is 5.98. The van der Waals surface area contributed by atoms with E-state index in [1.54, 1.807) is 0 Å². The first-order chi connectivity index (χ1) is 9.39. The van der Waals surface area contributed by atoms with Gasteiger partial charge in [0.25, 0.3) is 0 Å². The molecule has 0 saturated carbocycles. The highest BCUT2D eigenvalue weighted by atomic mass is 19.4. The van der Waals surface area contributed by atoms with Crippen molar-refractivity contribution in [1.82, 2.24) is 4.90 Å². The zero-order valence-corrected chi connectivity index (χ0v) is 11.1. The van der Waals surface area contributed by atoms with Crippen LogP contribution in [-0.2, 0) is 6.54 Å². The van der Waals surface area contributed by atoms with Gasteiger partial charge in [-0.2, -0.15) is 13.2 Å². The Bertz CT molecular complexity index is 460. The molecule has 2 aliphatic heterocycles. The number of benzene rings is 1. The van der Waals surface area contributed by atoms with E-state index >= 15 is 0 Å². The Morgan fingerprint density at radius 3 is 2.15 bits per heavy atom. The zero-order chi connectivity index (χ0) is 14.4. The molecule has 0 spiro atoms. The minimum atomic E-state index is -4.52. The Hall–Kier alpha value is -1.07. The molecule has 0 amide bonds. The van der Waals surface area contributed by atoms with E-state index in [2.05, 4.69) is 4.90 Å². The van der Waals surface area contributed by atoms with Crippen molar-refractivity contribution in [2.75, 3.05) is 0 Å². The topological polar surface area (TPSA) is 23.5 Å². The van der Waals surface area contributed by atoms with Crippen LogP contribution in [-0.4, -0.2) is 33.9 Å². The van der Waals surface area contributed by atoms with Crippen molar-refractivity contribution in [3.05, 3.63) is 35.9 Å². The van der Waals surface area contributed by atoms with Gasteiger partial charge in [-0.3, -0.25) is 4.90 Å². The SMILES string of the molecule is OC1(C(F)(F)F)C[C@H]2CC[C@@H](C1)N2Cc1ccccc1. The van der Waals surface area contributed by atoms with Crippen LogP contribution in [0, 0.1) is 0 Å². The smallest absolute Gasteiger partial charge is 0.380 e. The van der Waals surface area contributed by atoms with Gasteiger partial charge in [0.15, 0.2) is 5.60 Å². The summed E-state index contributed by atoms with van der Waals surface area (Å²) in [5, 5.41) is 9.92. The predicted octanol–water partition coefficient (Wildman–Crippen LogP) is 3.11. The molecule has 1 aromatic carbocycles. The van der Waals surface area contributed by atoms with Gasteiger partial charge in [-0.05, 0) is 18.4 Å². The molecule has 5 heteroatoms. The highest BCUT2D eigenvalue weighted by molar-refractivity contribution is 5.16. The molecule has 2 fully saturated rings. The van der Waals surface area contributed by atoms with Gasteiger partial charge in [0.1, 0.15) is 0 Å². The van der Waals surface area contributed by atoms with Crippen molar-refractivity contribution in [2.24, 2.45) is 0 Å². The average molecular weight is 285 g/mol. The summed E-state index contributed by atoms with van der Waals surface area (Å²) in [6, 6.07) is 9.45. The minimum absolute atomic E-state index is 0.166. The van der Waals surface area contributed by atoms with E-state index in [4.69, 9.17) is 0 Å². The highest BCUT2D eigenvalue weighted by Crippen LogP contribution is 2.48. The minimum Gasteiger partial charge on any atom is -0.380 e. The highest BCUT2D eigenvalue weighted by Gasteiger charge is 2.60. The van der Waals surface area contributed by atoms with Crippen molar-refractivity contribution in [1.29, 1.82) is 0 Å². The average Bonchev–Trinajstić information content (AvgIpc) is 2.63. The van der Waals surface area contributed by atoms with E-state index in [-0.39, 0.29) is 24.9 Å². The van der Waals surface area contributed by atoms with Crippen LogP contribution in [0.15, 0.2) is 30.3 Å². The molecule has 0 radical (unpaired) electrons. The van der Waals surface area contributed by atoms with Gasteiger partial charge in [0.2, 0.25) is 0 Å². The summed E-state index contributed by atoms with van der Waals surface area (Å²) in [6.45, 7) is 0.671. The van der Waals surface area contributed by atoms with Crippen LogP contribution >= 0.6 is 0 Å². The summed E-state index contributed by atoms with van der Waals surface area (Å²) in [5.41, 5.74) is -1.38. The van der Waals surface area contributed by atoms with Crippen molar-refractivity contribution in [3.8, 4) is 0 Å². The number of hydrogen-bond acceptors (Lipinski definition) is 2. The molecule has 3 rings (SSSR count). The van der Waals surface area contributed by atoms with Crippen LogP contribution in [0.1, 0.15) is 31.2 Å². The Kier molecular flexibility index (Phi) is 3.29. The fraction of sp³-hybridized carbons (Fsp3) is 0.600. The summed E-state index contributed by atoms with van der Waals surface area (Å²) >= 11 is 0. The maximum absolute atomic E-state index is 13.0. The second-order valence-corrected chi connectivity index (χ2v) is 5.98. The third kappa shape index (κ3) is 2.33. The maximum Gasteiger partial charge on any atom is 0.417 e. The van der Waals surface area contributed by atoms with Gasteiger partial charge in [-0.15, -0.1) is 0 Å². The van der Waals surface area contributed by atoms with Crippen LogP contribution in [0.3, 0.4) is 0 Å². The molecule has 2 bridgehead atoms. The van der Waals surface area contributed by atoms with Crippen LogP contribution in [0.4, 0.5) is 13.2 Å². The van der Waals surface area contributed by atoms with Crippen LogP contribution in [0.5, 0.6) is 0 Å².